The van der Waals surface area contributed by atoms with Crippen LogP contribution < -0.4 is 5.32 Å². The molecule has 0 saturated carbocycles. The molecule has 0 fully saturated rings. The van der Waals surface area contributed by atoms with E-state index < -0.39 is 0 Å². The summed E-state index contributed by atoms with van der Waals surface area (Å²) in [4.78, 5) is 0. The molecule has 1 atom stereocenters. The molecule has 0 aliphatic rings. The molecule has 0 aromatic heterocycles. The summed E-state index contributed by atoms with van der Waals surface area (Å²) in [5.41, 5.74) is 0.447. The van der Waals surface area contributed by atoms with Crippen LogP contribution in [0.1, 0.15) is 48.5 Å². The smallest absolute Gasteiger partial charge is 0.00183 e. The molecule has 1 N–H and O–H groups in total. The molecule has 0 amide bonds. The molecular formula is C11H27N. The number of rotatable bonds is 3. The van der Waals surface area contributed by atoms with Crippen molar-refractivity contribution in [3.63, 3.8) is 0 Å². The van der Waals surface area contributed by atoms with E-state index in [0.29, 0.717) is 5.41 Å². The van der Waals surface area contributed by atoms with Crippen molar-refractivity contribution in [1.29, 1.82) is 0 Å². The van der Waals surface area contributed by atoms with Crippen LogP contribution >= 0.6 is 0 Å². The highest BCUT2D eigenvalue weighted by atomic mass is 14.8. The first-order chi connectivity index (χ1) is 5.48. The van der Waals surface area contributed by atoms with Gasteiger partial charge in [0.1, 0.15) is 0 Å². The Hall–Kier alpha value is -0.0400. The average Bonchev–Trinajstić information content (AvgIpc) is 2.02. The van der Waals surface area contributed by atoms with E-state index in [1.54, 1.807) is 0 Å². The Labute approximate surface area is 78.9 Å². The van der Waals surface area contributed by atoms with Gasteiger partial charge >= 0.3 is 0 Å². The lowest BCUT2D eigenvalue weighted by Crippen LogP contribution is -2.29. The van der Waals surface area contributed by atoms with E-state index in [-0.39, 0.29) is 0 Å². The van der Waals surface area contributed by atoms with Gasteiger partial charge in [0.2, 0.25) is 0 Å². The van der Waals surface area contributed by atoms with Crippen LogP contribution in [0.5, 0.6) is 0 Å². The van der Waals surface area contributed by atoms with Crippen LogP contribution in [0.4, 0.5) is 0 Å². The zero-order chi connectivity index (χ0) is 10.2. The van der Waals surface area contributed by atoms with Crippen LogP contribution in [-0.2, 0) is 0 Å². The van der Waals surface area contributed by atoms with Crippen molar-refractivity contribution in [3.05, 3.63) is 0 Å². The summed E-state index contributed by atoms with van der Waals surface area (Å²) in [5, 5.41) is 3.35. The Bertz CT molecular complexity index is 81.5. The first kappa shape index (κ1) is 14.5. The first-order valence-corrected chi connectivity index (χ1v) is 5.19. The summed E-state index contributed by atoms with van der Waals surface area (Å²) >= 11 is 0. The quantitative estimate of drug-likeness (QED) is 0.690. The van der Waals surface area contributed by atoms with Crippen molar-refractivity contribution in [3.8, 4) is 0 Å². The van der Waals surface area contributed by atoms with Crippen molar-refractivity contribution < 1.29 is 0 Å². The zero-order valence-corrected chi connectivity index (χ0v) is 9.99. The largest absolute Gasteiger partial charge is 0.317 e. The molecule has 0 bridgehead atoms. The van der Waals surface area contributed by atoms with Crippen molar-refractivity contribution in [2.45, 2.75) is 48.5 Å². The van der Waals surface area contributed by atoms with Crippen molar-refractivity contribution in [1.82, 2.24) is 5.32 Å². The zero-order valence-electron chi connectivity index (χ0n) is 9.99. The van der Waals surface area contributed by atoms with Crippen LogP contribution in [-0.4, -0.2) is 13.1 Å². The molecule has 1 heteroatoms. The van der Waals surface area contributed by atoms with Gasteiger partial charge in [-0.2, -0.15) is 0 Å². The summed E-state index contributed by atoms with van der Waals surface area (Å²) in [6, 6.07) is 0. The Morgan fingerprint density at radius 2 is 1.58 bits per heavy atom. The van der Waals surface area contributed by atoms with Gasteiger partial charge in [-0.3, -0.25) is 0 Å². The van der Waals surface area contributed by atoms with E-state index in [1.165, 1.54) is 0 Å². The van der Waals surface area contributed by atoms with Gasteiger partial charge in [-0.25, -0.2) is 0 Å². The second-order valence-corrected chi connectivity index (χ2v) is 4.07. The minimum atomic E-state index is 0.447. The van der Waals surface area contributed by atoms with Gasteiger partial charge < -0.3 is 5.32 Å². The SMILES string of the molecule is CC.CCNCC(C)C(C)(C)C. The minimum Gasteiger partial charge on any atom is -0.317 e. The molecule has 0 aromatic rings. The third-order valence-electron chi connectivity index (χ3n) is 2.18. The molecule has 76 valence electrons. The van der Waals surface area contributed by atoms with E-state index in [4.69, 9.17) is 0 Å². The monoisotopic (exact) mass is 173 g/mol. The summed E-state index contributed by atoms with van der Waals surface area (Å²) < 4.78 is 0. The number of nitrogens with one attached hydrogen (secondary N) is 1. The maximum Gasteiger partial charge on any atom is -0.00183 e. The second-order valence-electron chi connectivity index (χ2n) is 4.07. The van der Waals surface area contributed by atoms with Crippen LogP contribution in [0.25, 0.3) is 0 Å². The summed E-state index contributed by atoms with van der Waals surface area (Å²) in [6.45, 7) is 17.5. The van der Waals surface area contributed by atoms with Gasteiger partial charge in [0, 0.05) is 0 Å². The molecule has 0 aliphatic carbocycles. The Morgan fingerprint density at radius 1 is 1.17 bits per heavy atom. The Kier molecular flexibility index (Phi) is 9.17. The highest BCUT2D eigenvalue weighted by Gasteiger charge is 2.18. The molecule has 1 unspecified atom stereocenters. The summed E-state index contributed by atoms with van der Waals surface area (Å²) in [7, 11) is 0. The van der Waals surface area contributed by atoms with E-state index in [0.717, 1.165) is 19.0 Å². The summed E-state index contributed by atoms with van der Waals surface area (Å²) in [6.07, 6.45) is 0. The lowest BCUT2D eigenvalue weighted by atomic mass is 9.82. The van der Waals surface area contributed by atoms with Crippen molar-refractivity contribution >= 4 is 0 Å². The standard InChI is InChI=1S/C9H21N.C2H6/c1-6-10-7-8(2)9(3,4)5;1-2/h8,10H,6-7H2,1-5H3;1-2H3. The predicted molar refractivity (Wildman–Crippen MR) is 58.5 cm³/mol. The highest BCUT2D eigenvalue weighted by Crippen LogP contribution is 2.24. The number of hydrogen-bond acceptors (Lipinski definition) is 1. The van der Waals surface area contributed by atoms with Gasteiger partial charge in [0.05, 0.1) is 0 Å². The van der Waals surface area contributed by atoms with Crippen LogP contribution in [0.3, 0.4) is 0 Å². The van der Waals surface area contributed by atoms with E-state index >= 15 is 0 Å². The normalized spacial score (nSPS) is 13.2. The molecule has 0 aliphatic heterocycles. The molecule has 0 rings (SSSR count). The fourth-order valence-electron chi connectivity index (χ4n) is 0.667. The van der Waals surface area contributed by atoms with Crippen molar-refractivity contribution in [2.75, 3.05) is 13.1 Å². The van der Waals surface area contributed by atoms with Crippen LogP contribution in [0.2, 0.25) is 0 Å². The molecule has 0 aromatic carbocycles. The second kappa shape index (κ2) is 7.60. The minimum absolute atomic E-state index is 0.447. The van der Waals surface area contributed by atoms with Crippen molar-refractivity contribution in [2.24, 2.45) is 11.3 Å². The van der Waals surface area contributed by atoms with Gasteiger partial charge in [-0.05, 0) is 24.4 Å². The van der Waals surface area contributed by atoms with Gasteiger partial charge in [-0.15, -0.1) is 0 Å². The Morgan fingerprint density at radius 3 is 1.83 bits per heavy atom. The molecule has 0 heterocycles. The number of hydrogen-bond donors (Lipinski definition) is 1. The third-order valence-corrected chi connectivity index (χ3v) is 2.18. The van der Waals surface area contributed by atoms with Crippen LogP contribution in [0, 0.1) is 11.3 Å². The lowest BCUT2D eigenvalue weighted by molar-refractivity contribution is 0.254. The lowest BCUT2D eigenvalue weighted by Gasteiger charge is -2.27. The van der Waals surface area contributed by atoms with E-state index in [1.807, 2.05) is 13.8 Å². The molecule has 0 radical (unpaired) electrons. The van der Waals surface area contributed by atoms with E-state index in [9.17, 15) is 0 Å². The fourth-order valence-corrected chi connectivity index (χ4v) is 0.667. The fraction of sp³-hybridized carbons (Fsp3) is 1.00. The van der Waals surface area contributed by atoms with E-state index in [2.05, 4.69) is 39.9 Å². The average molecular weight is 173 g/mol. The molecule has 0 saturated heterocycles. The topological polar surface area (TPSA) is 12.0 Å². The summed E-state index contributed by atoms with van der Waals surface area (Å²) in [5.74, 6) is 0.757. The van der Waals surface area contributed by atoms with Crippen LogP contribution in [0.15, 0.2) is 0 Å². The molecule has 1 nitrogen and oxygen atoms in total. The van der Waals surface area contributed by atoms with Gasteiger partial charge in [-0.1, -0.05) is 48.5 Å². The molecule has 12 heavy (non-hydrogen) atoms. The highest BCUT2D eigenvalue weighted by molar-refractivity contribution is 4.71. The first-order valence-electron chi connectivity index (χ1n) is 5.19. The molecule has 0 spiro atoms. The maximum atomic E-state index is 3.35. The van der Waals surface area contributed by atoms with Gasteiger partial charge in [0.25, 0.3) is 0 Å². The predicted octanol–water partition coefficient (Wildman–Crippen LogP) is 3.30. The maximum absolute atomic E-state index is 3.35. The van der Waals surface area contributed by atoms with Gasteiger partial charge in [0.15, 0.2) is 0 Å². The Balaban J connectivity index is 0. The molecular weight excluding hydrogens is 146 g/mol. The third kappa shape index (κ3) is 8.06.